The number of carbonyl (C=O) groups is 4. The zero-order valence-electron chi connectivity index (χ0n) is 28.7. The van der Waals surface area contributed by atoms with E-state index >= 15 is 0 Å². The minimum Gasteiger partial charge on any atom is -0.481 e. The van der Waals surface area contributed by atoms with Crippen LogP contribution in [0.25, 0.3) is 0 Å². The van der Waals surface area contributed by atoms with Crippen LogP contribution in [-0.2, 0) is 43.1 Å². The number of H-pyrrole nitrogens is 1. The van der Waals surface area contributed by atoms with Gasteiger partial charge in [0.05, 0.1) is 6.33 Å². The molecule has 282 valence electrons. The average Bonchev–Trinajstić information content (AvgIpc) is 3.79. The Morgan fingerprint density at radius 3 is 2.38 bits per heavy atom. The second kappa shape index (κ2) is 18.8. The molecule has 0 spiro atoms. The van der Waals surface area contributed by atoms with Crippen LogP contribution in [0, 0.1) is 5.92 Å². The van der Waals surface area contributed by atoms with E-state index in [0.717, 1.165) is 30.4 Å². The SMILES string of the molecule is C.CC[C@@H](Cc1ccc(OCP(=O)(O)O)cc1)C(=O)N[C@H]1CCCCC2CC[C@@H](C(=O)N[C@@H](Cc3cnc[nH]3)C(=O)NCc3ccccc3)N2C1=O. The molecule has 6 N–H and O–H groups in total. The Labute approximate surface area is 304 Å². The van der Waals surface area contributed by atoms with E-state index in [9.17, 15) is 23.7 Å². The van der Waals surface area contributed by atoms with Crippen LogP contribution >= 0.6 is 7.60 Å². The molecule has 0 aliphatic carbocycles. The van der Waals surface area contributed by atoms with Gasteiger partial charge in [0.2, 0.25) is 23.6 Å². The lowest BCUT2D eigenvalue weighted by atomic mass is 9.94. The minimum atomic E-state index is -4.31. The smallest absolute Gasteiger partial charge is 0.362 e. The summed E-state index contributed by atoms with van der Waals surface area (Å²) < 4.78 is 16.3. The first kappa shape index (κ1) is 40.3. The molecule has 2 saturated heterocycles. The standard InChI is InChI=1S/C36H47N6O8P.CH4/c1-2-26(18-24-12-15-29(16-13-24)50-23-51(47,48)49)33(43)40-30-11-7-6-10-28-14-17-32(42(28)36(30)46)35(45)41-31(19-27-21-37-22-39-27)34(44)38-20-25-8-4-3-5-9-25;/h3-5,8-9,12-13,15-16,21-22,26,28,30-32H,2,6-7,10-11,14,17-20,23H2,1H3,(H,37,39)(H,38,44)(H,40,43)(H,41,45)(H2,47,48,49);1H4/t26-,28?,30-,31-,32-;/m0./s1. The van der Waals surface area contributed by atoms with Crippen LogP contribution in [0.4, 0.5) is 0 Å². The molecule has 2 aliphatic rings. The van der Waals surface area contributed by atoms with Crippen molar-refractivity contribution in [3.63, 3.8) is 0 Å². The van der Waals surface area contributed by atoms with E-state index in [-0.39, 0.29) is 37.6 Å². The van der Waals surface area contributed by atoms with Gasteiger partial charge in [-0.3, -0.25) is 23.7 Å². The highest BCUT2D eigenvalue weighted by molar-refractivity contribution is 7.51. The fourth-order valence-electron chi connectivity index (χ4n) is 6.80. The Morgan fingerprint density at radius 1 is 0.981 bits per heavy atom. The van der Waals surface area contributed by atoms with Gasteiger partial charge in [0.1, 0.15) is 23.9 Å². The molecule has 14 nitrogen and oxygen atoms in total. The van der Waals surface area contributed by atoms with Gasteiger partial charge < -0.3 is 40.4 Å². The number of nitrogens with one attached hydrogen (secondary N) is 4. The number of imidazole rings is 1. The number of aromatic amines is 1. The van der Waals surface area contributed by atoms with Crippen molar-refractivity contribution >= 4 is 31.2 Å². The summed E-state index contributed by atoms with van der Waals surface area (Å²) in [6.45, 7) is 2.19. The predicted octanol–water partition coefficient (Wildman–Crippen LogP) is 3.59. The summed E-state index contributed by atoms with van der Waals surface area (Å²) in [6.07, 6.45) is 7.43. The highest BCUT2D eigenvalue weighted by Gasteiger charge is 2.44. The summed E-state index contributed by atoms with van der Waals surface area (Å²) in [5.41, 5.74) is 2.43. The van der Waals surface area contributed by atoms with Crippen LogP contribution in [0.3, 0.4) is 0 Å². The Kier molecular flexibility index (Phi) is 14.6. The van der Waals surface area contributed by atoms with Crippen molar-refractivity contribution in [2.24, 2.45) is 5.92 Å². The largest absolute Gasteiger partial charge is 0.481 e. The quantitative estimate of drug-likeness (QED) is 0.126. The van der Waals surface area contributed by atoms with Crippen LogP contribution < -0.4 is 20.7 Å². The second-order valence-corrected chi connectivity index (χ2v) is 14.9. The first-order chi connectivity index (χ1) is 24.5. The molecule has 3 heterocycles. The van der Waals surface area contributed by atoms with E-state index in [4.69, 9.17) is 14.5 Å². The Bertz CT molecular complexity index is 1670. The Hall–Kier alpha value is -4.52. The number of aromatic nitrogens is 2. The van der Waals surface area contributed by atoms with Crippen molar-refractivity contribution in [1.82, 2.24) is 30.8 Å². The zero-order chi connectivity index (χ0) is 36.4. The van der Waals surface area contributed by atoms with E-state index in [2.05, 4.69) is 25.9 Å². The van der Waals surface area contributed by atoms with E-state index < -0.39 is 43.9 Å². The van der Waals surface area contributed by atoms with Gasteiger partial charge in [-0.1, -0.05) is 69.7 Å². The first-order valence-corrected chi connectivity index (χ1v) is 19.3. The highest BCUT2D eigenvalue weighted by Crippen LogP contribution is 2.35. The van der Waals surface area contributed by atoms with Crippen molar-refractivity contribution in [2.75, 3.05) is 6.35 Å². The maximum atomic E-state index is 14.2. The van der Waals surface area contributed by atoms with Crippen molar-refractivity contribution in [3.8, 4) is 5.75 Å². The number of nitrogens with zero attached hydrogens (tertiary/aromatic N) is 2. The molecule has 5 rings (SSSR count). The molecule has 2 aromatic carbocycles. The average molecular weight is 739 g/mol. The monoisotopic (exact) mass is 738 g/mol. The summed E-state index contributed by atoms with van der Waals surface area (Å²) in [5, 5.41) is 8.84. The van der Waals surface area contributed by atoms with Crippen LogP contribution in [0.2, 0.25) is 0 Å². The summed E-state index contributed by atoms with van der Waals surface area (Å²) in [5.74, 6) is -1.43. The van der Waals surface area contributed by atoms with Crippen LogP contribution in [0.1, 0.15) is 76.1 Å². The predicted molar refractivity (Wildman–Crippen MR) is 195 cm³/mol. The van der Waals surface area contributed by atoms with Crippen molar-refractivity contribution in [3.05, 3.63) is 83.9 Å². The van der Waals surface area contributed by atoms with Gasteiger partial charge in [-0.2, -0.15) is 0 Å². The molecule has 0 bridgehead atoms. The number of hydrogen-bond donors (Lipinski definition) is 6. The summed E-state index contributed by atoms with van der Waals surface area (Å²) in [6, 6.07) is 13.5. The van der Waals surface area contributed by atoms with E-state index in [1.165, 1.54) is 6.33 Å². The minimum absolute atomic E-state index is 0. The number of rotatable bonds is 15. The third-order valence-electron chi connectivity index (χ3n) is 9.54. The maximum Gasteiger partial charge on any atom is 0.362 e. The van der Waals surface area contributed by atoms with Gasteiger partial charge in [0.25, 0.3) is 0 Å². The number of amides is 4. The molecule has 0 saturated carbocycles. The topological polar surface area (TPSA) is 203 Å². The van der Waals surface area contributed by atoms with Gasteiger partial charge in [-0.15, -0.1) is 0 Å². The van der Waals surface area contributed by atoms with Gasteiger partial charge in [-0.05, 0) is 61.8 Å². The first-order valence-electron chi connectivity index (χ1n) is 17.5. The maximum absolute atomic E-state index is 14.2. The van der Waals surface area contributed by atoms with E-state index in [1.807, 2.05) is 37.3 Å². The molecule has 0 radical (unpaired) electrons. The molecule has 52 heavy (non-hydrogen) atoms. The summed E-state index contributed by atoms with van der Waals surface area (Å²) in [4.78, 5) is 81.9. The van der Waals surface area contributed by atoms with Crippen molar-refractivity contribution in [2.45, 2.75) is 103 Å². The number of ether oxygens (including phenoxy) is 1. The molecular formula is C37H51N6O8P. The highest BCUT2D eigenvalue weighted by atomic mass is 31.2. The second-order valence-electron chi connectivity index (χ2n) is 13.3. The van der Waals surface area contributed by atoms with Gasteiger partial charge >= 0.3 is 7.60 Å². The molecule has 15 heteroatoms. The fourth-order valence-corrected chi connectivity index (χ4v) is 7.12. The number of carbonyl (C=O) groups excluding carboxylic acids is 4. The van der Waals surface area contributed by atoms with Gasteiger partial charge in [0, 0.05) is 36.8 Å². The normalized spacial score (nSPS) is 19.9. The fraction of sp³-hybridized carbons (Fsp3) is 0.486. The molecule has 2 fully saturated rings. The summed E-state index contributed by atoms with van der Waals surface area (Å²) >= 11 is 0. The molecule has 5 atom stereocenters. The third kappa shape index (κ3) is 11.2. The van der Waals surface area contributed by atoms with Crippen molar-refractivity contribution in [1.29, 1.82) is 0 Å². The van der Waals surface area contributed by atoms with Crippen LogP contribution in [-0.4, -0.2) is 78.8 Å². The lowest BCUT2D eigenvalue weighted by Gasteiger charge is -2.36. The zero-order valence-corrected chi connectivity index (χ0v) is 29.6. The number of hydrogen-bond acceptors (Lipinski definition) is 7. The number of benzene rings is 2. The van der Waals surface area contributed by atoms with Gasteiger partial charge in [0.15, 0.2) is 6.35 Å². The lowest BCUT2D eigenvalue weighted by molar-refractivity contribution is -0.145. The third-order valence-corrected chi connectivity index (χ3v) is 10.0. The van der Waals surface area contributed by atoms with E-state index in [1.54, 1.807) is 35.4 Å². The van der Waals surface area contributed by atoms with E-state index in [0.29, 0.717) is 50.1 Å². The molecule has 1 aromatic heterocycles. The molecule has 3 aromatic rings. The molecule has 4 amide bonds. The Morgan fingerprint density at radius 2 is 1.71 bits per heavy atom. The van der Waals surface area contributed by atoms with Gasteiger partial charge in [-0.25, -0.2) is 4.98 Å². The summed E-state index contributed by atoms with van der Waals surface area (Å²) in [7, 11) is -4.31. The van der Waals surface area contributed by atoms with Crippen LogP contribution in [0.15, 0.2) is 67.1 Å². The van der Waals surface area contributed by atoms with Crippen LogP contribution in [0.5, 0.6) is 5.75 Å². The molecule has 1 unspecified atom stereocenters. The Balaban J connectivity index is 0.00000605. The number of fused-ring (bicyclic) bond motifs is 1. The molecular weight excluding hydrogens is 687 g/mol. The lowest BCUT2D eigenvalue weighted by Crippen LogP contribution is -2.59. The molecule has 2 aliphatic heterocycles. The van der Waals surface area contributed by atoms with Crippen molar-refractivity contribution < 1.29 is 38.3 Å².